The second-order valence-corrected chi connectivity index (χ2v) is 15.6. The number of hydrogen-bond donors (Lipinski definition) is 0. The van der Waals surface area contributed by atoms with E-state index in [1.54, 1.807) is 0 Å². The Kier molecular flexibility index (Phi) is 8.31. The first-order chi connectivity index (χ1) is 31.4. The van der Waals surface area contributed by atoms with Gasteiger partial charge in [0.15, 0.2) is 0 Å². The highest BCUT2D eigenvalue weighted by atomic mass is 15.0. The molecule has 64 heavy (non-hydrogen) atoms. The van der Waals surface area contributed by atoms with E-state index in [9.17, 15) is 31.6 Å². The van der Waals surface area contributed by atoms with Gasteiger partial charge in [0.05, 0.1) is 91.9 Å². The minimum absolute atomic E-state index is 0.521. The Morgan fingerprint density at radius 1 is 0.250 bits per heavy atom. The highest BCUT2D eigenvalue weighted by Crippen LogP contribution is 2.46. The van der Waals surface area contributed by atoms with Crippen molar-refractivity contribution in [1.29, 1.82) is 31.6 Å². The molecule has 0 aliphatic carbocycles. The largest absolute Gasteiger partial charge is 0.309 e. The zero-order valence-electron chi connectivity index (χ0n) is 33.6. The van der Waals surface area contributed by atoms with Gasteiger partial charge in [-0.15, -0.1) is 0 Å². The summed E-state index contributed by atoms with van der Waals surface area (Å²) in [7, 11) is 0. The summed E-state index contributed by atoms with van der Waals surface area (Å²) in [4.78, 5) is 0. The molecule has 0 saturated carbocycles. The van der Waals surface area contributed by atoms with Crippen LogP contribution in [-0.4, -0.2) is 9.13 Å². The van der Waals surface area contributed by atoms with E-state index >= 15 is 0 Å². The van der Waals surface area contributed by atoms with Crippen molar-refractivity contribution in [3.05, 3.63) is 191 Å². The average molecular weight is 811 g/mol. The lowest BCUT2D eigenvalue weighted by Gasteiger charge is -2.20. The molecule has 0 spiro atoms. The van der Waals surface area contributed by atoms with Gasteiger partial charge in [0, 0.05) is 32.9 Å². The highest BCUT2D eigenvalue weighted by Gasteiger charge is 2.22. The maximum Gasteiger partial charge on any atom is 0.0991 e. The van der Waals surface area contributed by atoms with Crippen molar-refractivity contribution in [2.75, 3.05) is 0 Å². The summed E-state index contributed by atoms with van der Waals surface area (Å²) in [5.41, 5.74) is 12.2. The molecule has 0 unspecified atom stereocenters. The first-order valence-corrected chi connectivity index (χ1v) is 20.3. The maximum atomic E-state index is 9.86. The topological polar surface area (TPSA) is 153 Å². The molecule has 0 radical (unpaired) electrons. The lowest BCUT2D eigenvalue weighted by atomic mass is 9.85. The van der Waals surface area contributed by atoms with Crippen molar-refractivity contribution in [2.45, 2.75) is 0 Å². The van der Waals surface area contributed by atoms with E-state index in [1.807, 2.05) is 121 Å². The van der Waals surface area contributed by atoms with Crippen molar-refractivity contribution in [3.63, 3.8) is 0 Å². The van der Waals surface area contributed by atoms with E-state index < -0.39 is 0 Å². The summed E-state index contributed by atoms with van der Waals surface area (Å²) >= 11 is 0. The molecule has 0 saturated heterocycles. The molecule has 8 nitrogen and oxygen atoms in total. The van der Waals surface area contributed by atoms with Crippen LogP contribution in [0.25, 0.3) is 98.8 Å². The van der Waals surface area contributed by atoms with Gasteiger partial charge < -0.3 is 9.13 Å². The van der Waals surface area contributed by atoms with Crippen LogP contribution in [0, 0.1) is 68.0 Å². The van der Waals surface area contributed by atoms with Gasteiger partial charge in [0.1, 0.15) is 0 Å². The van der Waals surface area contributed by atoms with Gasteiger partial charge in [-0.05, 0) is 165 Å². The second kappa shape index (κ2) is 14.4. The van der Waals surface area contributed by atoms with E-state index in [-0.39, 0.29) is 0 Å². The van der Waals surface area contributed by atoms with Gasteiger partial charge >= 0.3 is 0 Å². The zero-order valence-corrected chi connectivity index (χ0v) is 33.6. The molecule has 0 aliphatic heterocycles. The van der Waals surface area contributed by atoms with E-state index in [0.717, 1.165) is 98.8 Å². The Hall–Kier alpha value is -9.96. The lowest BCUT2D eigenvalue weighted by molar-refractivity contribution is 1.18. The normalized spacial score (nSPS) is 11.0. The third-order valence-corrected chi connectivity index (χ3v) is 12.3. The van der Waals surface area contributed by atoms with Gasteiger partial charge in [-0.3, -0.25) is 0 Å². The van der Waals surface area contributed by atoms with Crippen LogP contribution < -0.4 is 0 Å². The first kappa shape index (κ1) is 37.1. The number of fused-ring (bicyclic) bond motifs is 8. The van der Waals surface area contributed by atoms with E-state index in [4.69, 9.17) is 0 Å². The molecule has 0 amide bonds. The number of nitriles is 6. The molecule has 11 rings (SSSR count). The van der Waals surface area contributed by atoms with Crippen molar-refractivity contribution in [2.24, 2.45) is 0 Å². The molecule has 11 aromatic rings. The zero-order chi connectivity index (χ0) is 43.6. The summed E-state index contributed by atoms with van der Waals surface area (Å²) in [5, 5.41) is 66.3. The van der Waals surface area contributed by atoms with E-state index in [1.165, 1.54) is 0 Å². The minimum Gasteiger partial charge on any atom is -0.309 e. The molecule has 0 N–H and O–H groups in total. The molecule has 0 fully saturated rings. The standard InChI is InChI=1S/C56H26N8/c57-27-33-1-9-39(10-2-33)55-43-15-13-42(64-53-19-7-37(31-61)23-47(53)48-24-38(32-62)8-20-54(48)64)26-50(43)56(40-11-3-34(28-58)4-12-40)44-16-14-41(25-49(44)55)63-51-17-5-35(29-59)21-45(51)46-22-36(30-60)6-18-52(46)63/h1-26H. The Morgan fingerprint density at radius 3 is 0.812 bits per heavy atom. The Morgan fingerprint density at radius 2 is 0.531 bits per heavy atom. The monoisotopic (exact) mass is 810 g/mol. The van der Waals surface area contributed by atoms with Crippen LogP contribution in [0.15, 0.2) is 158 Å². The molecule has 0 bridgehead atoms. The fraction of sp³-hybridized carbons (Fsp3) is 0. The first-order valence-electron chi connectivity index (χ1n) is 20.3. The number of benzene rings is 9. The summed E-state index contributed by atoms with van der Waals surface area (Å²) < 4.78 is 4.34. The molecule has 0 aliphatic rings. The van der Waals surface area contributed by atoms with Crippen LogP contribution in [0.5, 0.6) is 0 Å². The number of rotatable bonds is 4. The Labute approximate surface area is 365 Å². The third kappa shape index (κ3) is 5.57. The Bertz CT molecular complexity index is 3710. The van der Waals surface area contributed by atoms with Crippen LogP contribution in [0.2, 0.25) is 0 Å². The Balaban J connectivity index is 1.27. The minimum atomic E-state index is 0.521. The molecule has 2 aromatic heterocycles. The summed E-state index contributed by atoms with van der Waals surface area (Å²) in [5.74, 6) is 0. The maximum absolute atomic E-state index is 9.86. The van der Waals surface area contributed by atoms with Crippen molar-refractivity contribution in [3.8, 4) is 70.0 Å². The number of hydrogen-bond acceptors (Lipinski definition) is 6. The van der Waals surface area contributed by atoms with Crippen LogP contribution in [-0.2, 0) is 0 Å². The number of aromatic nitrogens is 2. The fourth-order valence-corrected chi connectivity index (χ4v) is 9.41. The van der Waals surface area contributed by atoms with Crippen LogP contribution >= 0.6 is 0 Å². The van der Waals surface area contributed by atoms with Gasteiger partial charge in [-0.25, -0.2) is 0 Å². The van der Waals surface area contributed by atoms with E-state index in [0.29, 0.717) is 33.4 Å². The molecular formula is C56H26N8. The third-order valence-electron chi connectivity index (χ3n) is 12.3. The van der Waals surface area contributed by atoms with Crippen molar-refractivity contribution >= 4 is 65.2 Å². The second-order valence-electron chi connectivity index (χ2n) is 15.6. The van der Waals surface area contributed by atoms with Gasteiger partial charge in [-0.2, -0.15) is 31.6 Å². The predicted molar refractivity (Wildman–Crippen MR) is 249 cm³/mol. The number of nitrogens with zero attached hydrogens (tertiary/aromatic N) is 8. The van der Waals surface area contributed by atoms with Crippen LogP contribution in [0.1, 0.15) is 33.4 Å². The lowest BCUT2D eigenvalue weighted by Crippen LogP contribution is -1.98. The van der Waals surface area contributed by atoms with Crippen molar-refractivity contribution < 1.29 is 0 Å². The SMILES string of the molecule is N#Cc1ccc(-c2c3ccc(-n4c5ccc(C#N)cc5c5cc(C#N)ccc54)cc3c(-c3ccc(C#N)cc3)c3ccc(-n4c5ccc(C#N)cc5c5cc(C#N)ccc54)cc23)cc1. The van der Waals surface area contributed by atoms with Crippen molar-refractivity contribution in [1.82, 2.24) is 9.13 Å². The van der Waals surface area contributed by atoms with Gasteiger partial charge in [-0.1, -0.05) is 36.4 Å². The molecule has 290 valence electrons. The molecule has 9 aromatic carbocycles. The summed E-state index contributed by atoms with van der Waals surface area (Å²) in [6.45, 7) is 0. The molecule has 8 heteroatoms. The van der Waals surface area contributed by atoms with Crippen LogP contribution in [0.3, 0.4) is 0 Å². The van der Waals surface area contributed by atoms with E-state index in [2.05, 4.69) is 81.9 Å². The van der Waals surface area contributed by atoms with Gasteiger partial charge in [0.25, 0.3) is 0 Å². The molecule has 0 atom stereocenters. The van der Waals surface area contributed by atoms with Gasteiger partial charge in [0.2, 0.25) is 0 Å². The highest BCUT2D eigenvalue weighted by molar-refractivity contribution is 6.23. The molecule has 2 heterocycles. The fourth-order valence-electron chi connectivity index (χ4n) is 9.41. The molecular weight excluding hydrogens is 785 g/mol. The summed E-state index contributed by atoms with van der Waals surface area (Å²) in [6, 6.07) is 64.2. The predicted octanol–water partition coefficient (Wildman–Crippen LogP) is 12.8. The summed E-state index contributed by atoms with van der Waals surface area (Å²) in [6.07, 6.45) is 0. The average Bonchev–Trinajstić information content (AvgIpc) is 3.86. The van der Waals surface area contributed by atoms with Crippen LogP contribution in [0.4, 0.5) is 0 Å². The smallest absolute Gasteiger partial charge is 0.0991 e. The quantitative estimate of drug-likeness (QED) is 0.161.